The van der Waals surface area contributed by atoms with Gasteiger partial charge in [0.15, 0.2) is 4.67 Å². The van der Waals surface area contributed by atoms with E-state index in [0.29, 0.717) is 6.42 Å². The lowest BCUT2D eigenvalue weighted by molar-refractivity contribution is 0.0661. The smallest absolute Gasteiger partial charge is 0.371 e. The Balaban J connectivity index is 2.08. The minimum Gasteiger partial charge on any atom is -0.475 e. The van der Waals surface area contributed by atoms with E-state index in [4.69, 9.17) is 9.52 Å². The lowest BCUT2D eigenvalue weighted by Gasteiger charge is -2.03. The Labute approximate surface area is 126 Å². The van der Waals surface area contributed by atoms with Gasteiger partial charge in [-0.15, -0.1) is 11.3 Å². The molecule has 0 unspecified atom stereocenters. The van der Waals surface area contributed by atoms with E-state index in [2.05, 4.69) is 25.6 Å². The Morgan fingerprint density at radius 2 is 2.30 bits per heavy atom. The van der Waals surface area contributed by atoms with E-state index in [1.54, 1.807) is 5.51 Å². The molecule has 0 radical (unpaired) electrons. The molecule has 0 aromatic carbocycles. The number of rotatable bonds is 6. The highest BCUT2D eigenvalue weighted by Gasteiger charge is 2.24. The van der Waals surface area contributed by atoms with Gasteiger partial charge in [-0.1, -0.05) is 0 Å². The summed E-state index contributed by atoms with van der Waals surface area (Å²) in [4.78, 5) is 14.5. The van der Waals surface area contributed by atoms with Crippen molar-refractivity contribution in [2.45, 2.75) is 11.3 Å². The number of sulfonamides is 1. The molecule has 0 fully saturated rings. The van der Waals surface area contributed by atoms with Gasteiger partial charge in [0.25, 0.3) is 0 Å². The molecule has 10 heteroatoms. The summed E-state index contributed by atoms with van der Waals surface area (Å²) < 4.78 is 31.0. The third kappa shape index (κ3) is 3.45. The van der Waals surface area contributed by atoms with Crippen molar-refractivity contribution in [1.29, 1.82) is 0 Å². The largest absolute Gasteiger partial charge is 0.475 e. The molecule has 2 rings (SSSR count). The van der Waals surface area contributed by atoms with Gasteiger partial charge in [-0.2, -0.15) is 0 Å². The third-order valence-electron chi connectivity index (χ3n) is 2.31. The zero-order valence-electron chi connectivity index (χ0n) is 9.87. The first kappa shape index (κ1) is 15.2. The number of carbonyl (C=O) groups is 1. The van der Waals surface area contributed by atoms with E-state index < -0.39 is 21.8 Å². The topological polar surface area (TPSA) is 110 Å². The number of nitrogens with zero attached hydrogens (tertiary/aromatic N) is 1. The maximum atomic E-state index is 12.0. The first-order valence-electron chi connectivity index (χ1n) is 5.29. The van der Waals surface area contributed by atoms with Crippen LogP contribution < -0.4 is 4.72 Å². The molecule has 0 saturated carbocycles. The number of aromatic carboxylic acids is 1. The van der Waals surface area contributed by atoms with Gasteiger partial charge >= 0.3 is 5.97 Å². The fourth-order valence-electron chi connectivity index (χ4n) is 1.39. The minimum atomic E-state index is -3.84. The average Bonchev–Trinajstić information content (AvgIpc) is 2.98. The molecule has 0 aliphatic rings. The second kappa shape index (κ2) is 6.04. The van der Waals surface area contributed by atoms with Gasteiger partial charge in [-0.25, -0.2) is 22.9 Å². The Bertz CT molecular complexity index is 708. The van der Waals surface area contributed by atoms with Gasteiger partial charge in [0.2, 0.25) is 15.8 Å². The van der Waals surface area contributed by atoms with Crippen molar-refractivity contribution in [3.63, 3.8) is 0 Å². The predicted octanol–water partition coefficient (Wildman–Crippen LogP) is 1.72. The summed E-state index contributed by atoms with van der Waals surface area (Å²) in [6.45, 7) is 0.159. The highest BCUT2D eigenvalue weighted by atomic mass is 79.9. The van der Waals surface area contributed by atoms with Crippen LogP contribution in [0.2, 0.25) is 0 Å². The fraction of sp³-hybridized carbons (Fsp3) is 0.200. The van der Waals surface area contributed by atoms with E-state index in [1.165, 1.54) is 11.3 Å². The molecule has 0 bridgehead atoms. The maximum absolute atomic E-state index is 12.0. The number of aromatic nitrogens is 1. The summed E-state index contributed by atoms with van der Waals surface area (Å²) in [6, 6.07) is 0.956. The highest BCUT2D eigenvalue weighted by molar-refractivity contribution is 9.10. The van der Waals surface area contributed by atoms with Crippen molar-refractivity contribution in [2.75, 3.05) is 6.54 Å². The molecular weight excluding hydrogens is 372 g/mol. The highest BCUT2D eigenvalue weighted by Crippen LogP contribution is 2.25. The average molecular weight is 381 g/mol. The van der Waals surface area contributed by atoms with Crippen molar-refractivity contribution in [3.05, 3.63) is 33.1 Å². The monoisotopic (exact) mass is 380 g/mol. The van der Waals surface area contributed by atoms with Crippen LogP contribution in [-0.2, 0) is 16.4 Å². The molecule has 0 aliphatic carbocycles. The summed E-state index contributed by atoms with van der Waals surface area (Å²) in [5.74, 6) is -1.79. The van der Waals surface area contributed by atoms with Crippen molar-refractivity contribution in [2.24, 2.45) is 0 Å². The predicted molar refractivity (Wildman–Crippen MR) is 74.4 cm³/mol. The molecule has 2 aromatic rings. The lowest BCUT2D eigenvalue weighted by Crippen LogP contribution is -2.26. The van der Waals surface area contributed by atoms with Gasteiger partial charge in [-0.3, -0.25) is 0 Å². The molecule has 0 saturated heterocycles. The van der Waals surface area contributed by atoms with E-state index >= 15 is 0 Å². The molecule has 0 atom stereocenters. The van der Waals surface area contributed by atoms with Crippen LogP contribution in [0.3, 0.4) is 0 Å². The number of furan rings is 1. The number of nitrogens with one attached hydrogen (secondary N) is 1. The summed E-state index contributed by atoms with van der Waals surface area (Å²) in [7, 11) is -3.84. The Kier molecular flexibility index (Phi) is 4.58. The molecule has 0 spiro atoms. The summed E-state index contributed by atoms with van der Waals surface area (Å²) in [6.07, 6.45) is 0.448. The lowest BCUT2D eigenvalue weighted by atomic mass is 10.3. The standard InChI is InChI=1S/C10H9BrN2O5S2/c11-9-8(3-7(18-9)10(14)15)20(16,17)13-2-1-6-4-19-5-12-6/h3-5,13H,1-2H2,(H,14,15). The number of carboxylic acid groups (broad SMARTS) is 1. The van der Waals surface area contributed by atoms with E-state index in [-0.39, 0.29) is 16.1 Å². The Hall–Kier alpha value is -1.23. The number of hydrogen-bond acceptors (Lipinski definition) is 6. The normalized spacial score (nSPS) is 11.7. The van der Waals surface area contributed by atoms with Crippen LogP contribution in [0.4, 0.5) is 0 Å². The first-order chi connectivity index (χ1) is 9.40. The molecule has 2 heterocycles. The quantitative estimate of drug-likeness (QED) is 0.789. The zero-order valence-corrected chi connectivity index (χ0v) is 13.1. The van der Waals surface area contributed by atoms with Crippen molar-refractivity contribution < 1.29 is 22.7 Å². The van der Waals surface area contributed by atoms with Crippen LogP contribution in [0.5, 0.6) is 0 Å². The summed E-state index contributed by atoms with van der Waals surface area (Å²) in [5.41, 5.74) is 2.45. The molecule has 7 nitrogen and oxygen atoms in total. The van der Waals surface area contributed by atoms with Gasteiger partial charge < -0.3 is 9.52 Å². The Morgan fingerprint density at radius 3 is 2.85 bits per heavy atom. The molecule has 0 amide bonds. The van der Waals surface area contributed by atoms with Gasteiger partial charge in [0.1, 0.15) is 4.90 Å². The van der Waals surface area contributed by atoms with E-state index in [1.807, 2.05) is 5.38 Å². The molecular formula is C10H9BrN2O5S2. The molecule has 2 aromatic heterocycles. The van der Waals surface area contributed by atoms with Crippen molar-refractivity contribution in [3.8, 4) is 0 Å². The molecule has 108 valence electrons. The first-order valence-corrected chi connectivity index (χ1v) is 8.51. The second-order valence-corrected chi connectivity index (χ2v) is 6.86. The minimum absolute atomic E-state index is 0.143. The number of hydrogen-bond donors (Lipinski definition) is 2. The summed E-state index contributed by atoms with van der Waals surface area (Å²) in [5, 5.41) is 10.6. The second-order valence-electron chi connectivity index (χ2n) is 3.68. The van der Waals surface area contributed by atoms with Gasteiger partial charge in [0.05, 0.1) is 11.2 Å². The van der Waals surface area contributed by atoms with Crippen LogP contribution in [0.25, 0.3) is 0 Å². The number of halogens is 1. The van der Waals surface area contributed by atoms with Crippen LogP contribution in [0.1, 0.15) is 16.2 Å². The van der Waals surface area contributed by atoms with Crippen LogP contribution in [-0.4, -0.2) is 31.0 Å². The molecule has 2 N–H and O–H groups in total. The van der Waals surface area contributed by atoms with E-state index in [0.717, 1.165) is 11.8 Å². The van der Waals surface area contributed by atoms with Crippen molar-refractivity contribution >= 4 is 43.3 Å². The van der Waals surface area contributed by atoms with E-state index in [9.17, 15) is 13.2 Å². The Morgan fingerprint density at radius 1 is 1.55 bits per heavy atom. The molecule has 0 aliphatic heterocycles. The van der Waals surface area contributed by atoms with Crippen LogP contribution >= 0.6 is 27.3 Å². The van der Waals surface area contributed by atoms with Crippen LogP contribution in [0, 0.1) is 0 Å². The SMILES string of the molecule is O=C(O)c1cc(S(=O)(=O)NCCc2cscn2)c(Br)o1. The number of thiazole rings is 1. The van der Waals surface area contributed by atoms with Crippen molar-refractivity contribution in [1.82, 2.24) is 9.71 Å². The van der Waals surface area contributed by atoms with Crippen LogP contribution in [0.15, 0.2) is 30.9 Å². The van der Waals surface area contributed by atoms with Gasteiger partial charge in [-0.05, 0) is 15.9 Å². The maximum Gasteiger partial charge on any atom is 0.371 e. The summed E-state index contributed by atoms with van der Waals surface area (Å²) >= 11 is 4.32. The fourth-order valence-corrected chi connectivity index (χ4v) is 3.96. The molecule has 20 heavy (non-hydrogen) atoms. The zero-order chi connectivity index (χ0) is 14.8. The number of carboxylic acids is 1. The third-order valence-corrected chi connectivity index (χ3v) is 5.27. The van der Waals surface area contributed by atoms with Gasteiger partial charge in [0, 0.05) is 24.4 Å².